The second-order valence-corrected chi connectivity index (χ2v) is 5.98. The highest BCUT2D eigenvalue weighted by Gasteiger charge is 2.12. The molecule has 0 atom stereocenters. The van der Waals surface area contributed by atoms with E-state index < -0.39 is 11.5 Å². The van der Waals surface area contributed by atoms with E-state index in [1.165, 1.54) is 12.3 Å². The van der Waals surface area contributed by atoms with Crippen molar-refractivity contribution in [2.75, 3.05) is 0 Å². The number of rotatable bonds is 3. The van der Waals surface area contributed by atoms with Crippen molar-refractivity contribution >= 4 is 45.8 Å². The molecule has 6 nitrogen and oxygen atoms in total. The number of hydrazone groups is 1. The number of carbonyl (C=O) groups excluding carboxylic acids is 1. The van der Waals surface area contributed by atoms with Crippen LogP contribution in [-0.4, -0.2) is 16.6 Å². The fourth-order valence-corrected chi connectivity index (χ4v) is 2.71. The van der Waals surface area contributed by atoms with E-state index in [2.05, 4.69) is 15.5 Å². The molecule has 0 bridgehead atoms. The Hall–Kier alpha value is -2.70. The Bertz CT molecular complexity index is 1050. The summed E-state index contributed by atoms with van der Waals surface area (Å²) >= 11 is 12.0. The number of hydrogen-bond acceptors (Lipinski definition) is 5. The average Bonchev–Trinajstić information content (AvgIpc) is 2.60. The van der Waals surface area contributed by atoms with Crippen molar-refractivity contribution in [3.8, 4) is 0 Å². The molecular weight excluding hydrogens is 365 g/mol. The molecule has 0 fully saturated rings. The molecule has 0 saturated heterocycles. The monoisotopic (exact) mass is 375 g/mol. The average molecular weight is 376 g/mol. The van der Waals surface area contributed by atoms with Gasteiger partial charge in [-0.15, -0.1) is 0 Å². The van der Waals surface area contributed by atoms with Crippen LogP contribution in [0.25, 0.3) is 11.0 Å². The molecule has 1 amide bonds. The third-order valence-corrected chi connectivity index (χ3v) is 3.89. The third-order valence-electron chi connectivity index (χ3n) is 3.39. The molecule has 1 aromatic carbocycles. The third kappa shape index (κ3) is 3.70. The molecule has 0 spiro atoms. The minimum absolute atomic E-state index is 0.192. The quantitative estimate of drug-likeness (QED) is 0.430. The van der Waals surface area contributed by atoms with Gasteiger partial charge in [-0.05, 0) is 37.3 Å². The number of hydrogen-bond donors (Lipinski definition) is 1. The molecule has 0 saturated carbocycles. The Morgan fingerprint density at radius 2 is 2.08 bits per heavy atom. The highest BCUT2D eigenvalue weighted by Crippen LogP contribution is 2.27. The number of benzene rings is 1. The van der Waals surface area contributed by atoms with Gasteiger partial charge in [0.25, 0.3) is 5.91 Å². The van der Waals surface area contributed by atoms with Crippen molar-refractivity contribution < 1.29 is 9.21 Å². The first-order chi connectivity index (χ1) is 12.0. The van der Waals surface area contributed by atoms with Crippen LogP contribution in [-0.2, 0) is 0 Å². The van der Waals surface area contributed by atoms with Gasteiger partial charge < -0.3 is 4.42 Å². The normalized spacial score (nSPS) is 11.6. The van der Waals surface area contributed by atoms with Crippen LogP contribution in [0.4, 0.5) is 0 Å². The predicted molar refractivity (Wildman–Crippen MR) is 96.4 cm³/mol. The van der Waals surface area contributed by atoms with E-state index in [1.807, 2.05) is 0 Å². The molecule has 0 radical (unpaired) electrons. The van der Waals surface area contributed by atoms with E-state index in [9.17, 15) is 9.59 Å². The topological polar surface area (TPSA) is 84.6 Å². The van der Waals surface area contributed by atoms with Crippen LogP contribution in [0.3, 0.4) is 0 Å². The first kappa shape index (κ1) is 17.1. The Kier molecular flexibility index (Phi) is 4.83. The van der Waals surface area contributed by atoms with Crippen LogP contribution in [0.1, 0.15) is 22.8 Å². The standard InChI is InChI=1S/C17H11Cl2N3O3/c1-9(21-22-16(23)10-3-2-4-20-8-10)13-6-11-5-12(18)7-14(19)15(11)25-17(13)24/h2-8H,1H3,(H,22,23). The Morgan fingerprint density at radius 3 is 2.80 bits per heavy atom. The molecule has 8 heteroatoms. The van der Waals surface area contributed by atoms with Crippen LogP contribution < -0.4 is 11.1 Å². The molecule has 0 aliphatic carbocycles. The molecule has 25 heavy (non-hydrogen) atoms. The van der Waals surface area contributed by atoms with Gasteiger partial charge in [-0.25, -0.2) is 10.2 Å². The van der Waals surface area contributed by atoms with Crippen LogP contribution in [0, 0.1) is 0 Å². The lowest BCUT2D eigenvalue weighted by Crippen LogP contribution is -2.21. The molecular formula is C17H11Cl2N3O3. The zero-order valence-corrected chi connectivity index (χ0v) is 14.4. The van der Waals surface area contributed by atoms with Gasteiger partial charge in [-0.2, -0.15) is 5.10 Å². The number of halogens is 2. The number of amides is 1. The molecule has 126 valence electrons. The Balaban J connectivity index is 1.94. The summed E-state index contributed by atoms with van der Waals surface area (Å²) in [6.45, 7) is 1.58. The van der Waals surface area contributed by atoms with Crippen LogP contribution >= 0.6 is 23.2 Å². The van der Waals surface area contributed by atoms with Crippen molar-refractivity contribution in [3.63, 3.8) is 0 Å². The number of nitrogens with one attached hydrogen (secondary N) is 1. The summed E-state index contributed by atoms with van der Waals surface area (Å²) in [5.74, 6) is -0.441. The minimum atomic E-state index is -0.617. The van der Waals surface area contributed by atoms with Crippen molar-refractivity contribution in [1.29, 1.82) is 0 Å². The van der Waals surface area contributed by atoms with E-state index in [1.54, 1.807) is 37.4 Å². The summed E-state index contributed by atoms with van der Waals surface area (Å²) in [6, 6.07) is 7.91. The SMILES string of the molecule is CC(=NNC(=O)c1cccnc1)c1cc2cc(Cl)cc(Cl)c2oc1=O. The molecule has 0 aliphatic heterocycles. The largest absolute Gasteiger partial charge is 0.421 e. The molecule has 0 unspecified atom stereocenters. The highest BCUT2D eigenvalue weighted by atomic mass is 35.5. The summed E-state index contributed by atoms with van der Waals surface area (Å²) in [7, 11) is 0. The van der Waals surface area contributed by atoms with Gasteiger partial charge in [0.15, 0.2) is 5.58 Å². The van der Waals surface area contributed by atoms with Crippen molar-refractivity contribution in [1.82, 2.24) is 10.4 Å². The number of nitrogens with zero attached hydrogens (tertiary/aromatic N) is 2. The van der Waals surface area contributed by atoms with Gasteiger partial charge in [-0.1, -0.05) is 23.2 Å². The molecule has 2 aromatic heterocycles. The summed E-state index contributed by atoms with van der Waals surface area (Å²) in [6.07, 6.45) is 2.97. The summed E-state index contributed by atoms with van der Waals surface area (Å²) in [5.41, 5.74) is 2.82. The molecule has 3 aromatic rings. The van der Waals surface area contributed by atoms with E-state index >= 15 is 0 Å². The highest BCUT2D eigenvalue weighted by molar-refractivity contribution is 6.38. The number of pyridine rings is 1. The van der Waals surface area contributed by atoms with Gasteiger partial charge >= 0.3 is 5.63 Å². The fourth-order valence-electron chi connectivity index (χ4n) is 2.17. The van der Waals surface area contributed by atoms with Crippen LogP contribution in [0.5, 0.6) is 0 Å². The first-order valence-corrected chi connectivity index (χ1v) is 7.89. The van der Waals surface area contributed by atoms with Crippen LogP contribution in [0.15, 0.2) is 57.0 Å². The van der Waals surface area contributed by atoms with Gasteiger partial charge in [0.05, 0.1) is 21.9 Å². The lowest BCUT2D eigenvalue weighted by Gasteiger charge is -2.05. The summed E-state index contributed by atoms with van der Waals surface area (Å²) < 4.78 is 5.24. The van der Waals surface area contributed by atoms with Gasteiger partial charge in [0.1, 0.15) is 0 Å². The maximum absolute atomic E-state index is 12.2. The van der Waals surface area contributed by atoms with E-state index in [-0.39, 0.29) is 21.9 Å². The number of aromatic nitrogens is 1. The number of fused-ring (bicyclic) bond motifs is 1. The maximum atomic E-state index is 12.2. The lowest BCUT2D eigenvalue weighted by molar-refractivity contribution is 0.0954. The minimum Gasteiger partial charge on any atom is -0.421 e. The number of carbonyl (C=O) groups is 1. The van der Waals surface area contributed by atoms with Crippen molar-refractivity contribution in [2.24, 2.45) is 5.10 Å². The Labute approximate surface area is 152 Å². The second kappa shape index (κ2) is 7.04. The van der Waals surface area contributed by atoms with Gasteiger partial charge in [0, 0.05) is 22.8 Å². The first-order valence-electron chi connectivity index (χ1n) is 7.13. The molecule has 3 rings (SSSR count). The zero-order valence-electron chi connectivity index (χ0n) is 12.9. The fraction of sp³-hybridized carbons (Fsp3) is 0.0588. The van der Waals surface area contributed by atoms with Crippen LogP contribution in [0.2, 0.25) is 10.0 Å². The van der Waals surface area contributed by atoms with E-state index in [0.29, 0.717) is 16.0 Å². The van der Waals surface area contributed by atoms with Gasteiger partial charge in [-0.3, -0.25) is 9.78 Å². The maximum Gasteiger partial charge on any atom is 0.345 e. The second-order valence-electron chi connectivity index (χ2n) is 5.13. The molecule has 1 N–H and O–H groups in total. The van der Waals surface area contributed by atoms with Crippen molar-refractivity contribution in [3.05, 3.63) is 74.3 Å². The van der Waals surface area contributed by atoms with Crippen molar-refractivity contribution in [2.45, 2.75) is 6.92 Å². The zero-order chi connectivity index (χ0) is 18.0. The molecule has 0 aliphatic rings. The smallest absolute Gasteiger partial charge is 0.345 e. The van der Waals surface area contributed by atoms with E-state index in [0.717, 1.165) is 0 Å². The molecule has 2 heterocycles. The Morgan fingerprint density at radius 1 is 1.28 bits per heavy atom. The van der Waals surface area contributed by atoms with Gasteiger partial charge in [0.2, 0.25) is 0 Å². The predicted octanol–water partition coefficient (Wildman–Crippen LogP) is 3.65. The van der Waals surface area contributed by atoms with E-state index in [4.69, 9.17) is 27.6 Å². The summed E-state index contributed by atoms with van der Waals surface area (Å²) in [5, 5.41) is 5.16. The summed E-state index contributed by atoms with van der Waals surface area (Å²) in [4.78, 5) is 28.0. The lowest BCUT2D eigenvalue weighted by atomic mass is 10.1.